The Labute approximate surface area is 118 Å². The molecule has 1 unspecified atom stereocenters. The number of nitrogens with zero attached hydrogens (tertiary/aromatic N) is 3. The molecule has 2 N–H and O–H groups in total. The fourth-order valence-corrected chi connectivity index (χ4v) is 2.05. The third kappa shape index (κ3) is 3.93. The predicted molar refractivity (Wildman–Crippen MR) is 75.1 cm³/mol. The van der Waals surface area contributed by atoms with Gasteiger partial charge in [-0.05, 0) is 5.92 Å². The molecule has 1 amide bonds. The first-order valence-corrected chi connectivity index (χ1v) is 6.68. The first-order chi connectivity index (χ1) is 9.15. The molecule has 0 aliphatic rings. The molecule has 0 aliphatic heterocycles. The van der Waals surface area contributed by atoms with E-state index in [1.807, 2.05) is 27.7 Å². The highest BCUT2D eigenvalue weighted by atomic mass is 16.3. The maximum absolute atomic E-state index is 11.8. The molecule has 1 aromatic rings. The predicted octanol–water partition coefficient (Wildman–Crippen LogP) is -0.259. The van der Waals surface area contributed by atoms with Gasteiger partial charge in [-0.25, -0.2) is 9.48 Å². The van der Waals surface area contributed by atoms with Crippen LogP contribution in [0.15, 0.2) is 11.1 Å². The van der Waals surface area contributed by atoms with E-state index in [9.17, 15) is 14.7 Å². The molecule has 0 saturated carbocycles. The van der Waals surface area contributed by atoms with Crippen LogP contribution in [-0.4, -0.2) is 38.0 Å². The summed E-state index contributed by atoms with van der Waals surface area (Å²) in [6, 6.07) is 0. The summed E-state index contributed by atoms with van der Waals surface area (Å²) in [4.78, 5) is 23.4. The lowest BCUT2D eigenvalue weighted by Gasteiger charge is -2.33. The van der Waals surface area contributed by atoms with E-state index in [-0.39, 0.29) is 24.1 Å². The normalized spacial score (nSPS) is 13.6. The van der Waals surface area contributed by atoms with E-state index in [2.05, 4.69) is 10.4 Å². The minimum atomic E-state index is -0.514. The molecule has 1 rings (SSSR count). The average molecular weight is 284 g/mol. The number of aryl methyl sites for hydroxylation is 1. The Kier molecular flexibility index (Phi) is 5.10. The van der Waals surface area contributed by atoms with Gasteiger partial charge in [-0.1, -0.05) is 27.7 Å². The third-order valence-corrected chi connectivity index (χ3v) is 3.35. The van der Waals surface area contributed by atoms with E-state index < -0.39 is 11.5 Å². The molecule has 0 aromatic carbocycles. The second-order valence-electron chi connectivity index (χ2n) is 6.14. The highest BCUT2D eigenvalue weighted by Gasteiger charge is 2.30. The number of carbonyl (C=O) groups is 1. The molecule has 20 heavy (non-hydrogen) atoms. The zero-order valence-corrected chi connectivity index (χ0v) is 12.8. The summed E-state index contributed by atoms with van der Waals surface area (Å²) in [5, 5.41) is 16.6. The number of carbonyl (C=O) groups excluding carboxylic acids is 1. The monoisotopic (exact) mass is 284 g/mol. The summed E-state index contributed by atoms with van der Waals surface area (Å²) in [6.07, 6.45) is 0.850. The summed E-state index contributed by atoms with van der Waals surface area (Å²) in [5.74, 6) is -0.185. The smallest absolute Gasteiger partial charge is 0.345 e. The molecule has 7 nitrogen and oxygen atoms in total. The maximum Gasteiger partial charge on any atom is 0.345 e. The Morgan fingerprint density at radius 1 is 1.50 bits per heavy atom. The van der Waals surface area contributed by atoms with Crippen LogP contribution in [0.1, 0.15) is 27.7 Å². The molecule has 7 heteroatoms. The lowest BCUT2D eigenvalue weighted by molar-refractivity contribution is -0.122. The lowest BCUT2D eigenvalue weighted by Crippen LogP contribution is -2.45. The van der Waals surface area contributed by atoms with Crippen molar-refractivity contribution in [1.29, 1.82) is 0 Å². The van der Waals surface area contributed by atoms with Crippen molar-refractivity contribution in [3.05, 3.63) is 16.8 Å². The minimum absolute atomic E-state index is 0.111. The van der Waals surface area contributed by atoms with Crippen LogP contribution in [-0.2, 0) is 18.4 Å². The molecule has 1 aromatic heterocycles. The summed E-state index contributed by atoms with van der Waals surface area (Å²) in [7, 11) is 1.58. The first kappa shape index (κ1) is 16.4. The molecule has 0 aliphatic carbocycles. The van der Waals surface area contributed by atoms with Crippen LogP contribution in [0.2, 0.25) is 0 Å². The Morgan fingerprint density at radius 3 is 2.55 bits per heavy atom. The van der Waals surface area contributed by atoms with E-state index in [0.29, 0.717) is 6.54 Å². The van der Waals surface area contributed by atoms with E-state index in [4.69, 9.17) is 0 Å². The fraction of sp³-hybridized carbons (Fsp3) is 0.769. The van der Waals surface area contributed by atoms with Crippen LogP contribution >= 0.6 is 0 Å². The number of rotatable bonds is 6. The fourth-order valence-electron chi connectivity index (χ4n) is 2.05. The van der Waals surface area contributed by atoms with Gasteiger partial charge in [-0.15, -0.1) is 0 Å². The van der Waals surface area contributed by atoms with Crippen molar-refractivity contribution in [3.63, 3.8) is 0 Å². The highest BCUT2D eigenvalue weighted by molar-refractivity contribution is 5.75. The first-order valence-electron chi connectivity index (χ1n) is 6.68. The summed E-state index contributed by atoms with van der Waals surface area (Å²) >= 11 is 0. The summed E-state index contributed by atoms with van der Waals surface area (Å²) in [6.45, 7) is 7.87. The molecule has 1 atom stereocenters. The van der Waals surface area contributed by atoms with Gasteiger partial charge in [0.15, 0.2) is 0 Å². The van der Waals surface area contributed by atoms with Gasteiger partial charge in [0.1, 0.15) is 12.9 Å². The summed E-state index contributed by atoms with van der Waals surface area (Å²) in [5.41, 5.74) is -0.763. The van der Waals surface area contributed by atoms with Gasteiger partial charge in [-0.2, -0.15) is 5.10 Å². The van der Waals surface area contributed by atoms with Crippen LogP contribution < -0.4 is 11.0 Å². The third-order valence-electron chi connectivity index (χ3n) is 3.35. The molecular weight excluding hydrogens is 260 g/mol. The van der Waals surface area contributed by atoms with Gasteiger partial charge in [0.2, 0.25) is 5.91 Å². The zero-order valence-electron chi connectivity index (χ0n) is 12.8. The Balaban J connectivity index is 2.56. The van der Waals surface area contributed by atoms with Crippen LogP contribution in [0.3, 0.4) is 0 Å². The lowest BCUT2D eigenvalue weighted by atomic mass is 9.81. The summed E-state index contributed by atoms with van der Waals surface area (Å²) < 4.78 is 2.40. The average Bonchev–Trinajstić information content (AvgIpc) is 2.67. The van der Waals surface area contributed by atoms with Crippen LogP contribution in [0.4, 0.5) is 0 Å². The molecule has 0 saturated heterocycles. The highest BCUT2D eigenvalue weighted by Crippen LogP contribution is 2.24. The number of hydrogen-bond donors (Lipinski definition) is 2. The van der Waals surface area contributed by atoms with Crippen molar-refractivity contribution in [1.82, 2.24) is 19.7 Å². The van der Waals surface area contributed by atoms with E-state index >= 15 is 0 Å². The van der Waals surface area contributed by atoms with Crippen LogP contribution in [0.5, 0.6) is 0 Å². The van der Waals surface area contributed by atoms with E-state index in [0.717, 1.165) is 4.68 Å². The second-order valence-corrected chi connectivity index (χ2v) is 6.14. The van der Waals surface area contributed by atoms with E-state index in [1.165, 1.54) is 10.9 Å². The molecule has 114 valence electrons. The second kappa shape index (κ2) is 6.21. The SMILES string of the molecule is CC(C)C(O)C(C)(C)CNC(=O)Cn1ncn(C)c1=O. The van der Waals surface area contributed by atoms with Crippen molar-refractivity contribution in [2.24, 2.45) is 18.4 Å². The van der Waals surface area contributed by atoms with Crippen molar-refractivity contribution >= 4 is 5.91 Å². The number of aliphatic hydroxyl groups is 1. The number of aromatic nitrogens is 3. The van der Waals surface area contributed by atoms with Gasteiger partial charge >= 0.3 is 5.69 Å². The molecule has 0 bridgehead atoms. The van der Waals surface area contributed by atoms with Crippen LogP contribution in [0.25, 0.3) is 0 Å². The zero-order chi connectivity index (χ0) is 15.5. The van der Waals surface area contributed by atoms with Gasteiger partial charge in [0, 0.05) is 19.0 Å². The minimum Gasteiger partial charge on any atom is -0.392 e. The van der Waals surface area contributed by atoms with Crippen LogP contribution in [0, 0.1) is 11.3 Å². The molecule has 1 heterocycles. The van der Waals surface area contributed by atoms with Gasteiger partial charge < -0.3 is 10.4 Å². The number of aliphatic hydroxyl groups excluding tert-OH is 1. The Hall–Kier alpha value is -1.63. The molecule has 0 radical (unpaired) electrons. The Bertz CT molecular complexity index is 516. The van der Waals surface area contributed by atoms with Gasteiger partial charge in [0.25, 0.3) is 0 Å². The number of nitrogens with one attached hydrogen (secondary N) is 1. The molecule has 0 fully saturated rings. The largest absolute Gasteiger partial charge is 0.392 e. The number of amides is 1. The van der Waals surface area contributed by atoms with E-state index in [1.54, 1.807) is 7.05 Å². The number of hydrogen-bond acceptors (Lipinski definition) is 4. The van der Waals surface area contributed by atoms with Crippen molar-refractivity contribution in [2.75, 3.05) is 6.54 Å². The van der Waals surface area contributed by atoms with Crippen molar-refractivity contribution < 1.29 is 9.90 Å². The topological polar surface area (TPSA) is 89.2 Å². The van der Waals surface area contributed by atoms with Gasteiger partial charge in [0.05, 0.1) is 6.10 Å². The quantitative estimate of drug-likeness (QED) is 0.753. The molecule has 0 spiro atoms. The maximum atomic E-state index is 11.8. The standard InChI is InChI=1S/C13H24N4O3/c1-9(2)11(19)13(3,4)7-14-10(18)6-17-12(20)16(5)8-15-17/h8-9,11,19H,6-7H2,1-5H3,(H,14,18). The van der Waals surface area contributed by atoms with Crippen molar-refractivity contribution in [3.8, 4) is 0 Å². The van der Waals surface area contributed by atoms with Gasteiger partial charge in [-0.3, -0.25) is 9.36 Å². The van der Waals surface area contributed by atoms with Crippen molar-refractivity contribution in [2.45, 2.75) is 40.3 Å². The Morgan fingerprint density at radius 2 is 2.10 bits per heavy atom. The molecular formula is C13H24N4O3.